The van der Waals surface area contributed by atoms with Crippen molar-refractivity contribution in [1.29, 1.82) is 0 Å². The largest absolute Gasteiger partial charge is 0.392 e. The molecule has 0 bridgehead atoms. The molecule has 3 N–H and O–H groups in total. The number of rotatable bonds is 5. The summed E-state index contributed by atoms with van der Waals surface area (Å²) in [6, 6.07) is 0. The number of nitrogens with zero attached hydrogens (tertiary/aromatic N) is 2. The number of anilines is 1. The molecule has 0 aromatic carbocycles. The monoisotopic (exact) mass is 276 g/mol. The van der Waals surface area contributed by atoms with Gasteiger partial charge in [-0.15, -0.1) is 0 Å². The lowest BCUT2D eigenvalue weighted by atomic mass is 10.1. The molecule has 1 heterocycles. The van der Waals surface area contributed by atoms with E-state index in [2.05, 4.69) is 22.0 Å². The molecule has 0 fully saturated rings. The number of hydrogen-bond acceptors (Lipinski definition) is 4. The summed E-state index contributed by atoms with van der Waals surface area (Å²) in [5.74, 6) is -0.242. The molecule has 0 aliphatic heterocycles. The van der Waals surface area contributed by atoms with Crippen molar-refractivity contribution in [2.24, 2.45) is 12.8 Å². The Morgan fingerprint density at radius 2 is 2.24 bits per heavy atom. The molecule has 0 radical (unpaired) electrons. The number of aryl methyl sites for hydroxylation is 1. The molecule has 0 aliphatic rings. The van der Waals surface area contributed by atoms with Gasteiger partial charge in [-0.25, -0.2) is 8.42 Å². The van der Waals surface area contributed by atoms with Crippen LogP contribution < -0.4 is 10.5 Å². The van der Waals surface area contributed by atoms with Gasteiger partial charge in [0, 0.05) is 13.2 Å². The van der Waals surface area contributed by atoms with Crippen molar-refractivity contribution in [3.8, 4) is 0 Å². The third-order valence-corrected chi connectivity index (χ3v) is 3.55. The highest BCUT2D eigenvalue weighted by Crippen LogP contribution is 2.22. The van der Waals surface area contributed by atoms with E-state index in [0.717, 1.165) is 0 Å². The third kappa shape index (κ3) is 3.97. The molecule has 0 spiro atoms. The number of thiocarbonyl (C=S) groups is 1. The molecule has 17 heavy (non-hydrogen) atoms. The SMILES string of the molecule is CC(C)c1nn(C)cc1NS(=O)(=O)CC(N)=S. The van der Waals surface area contributed by atoms with Gasteiger partial charge < -0.3 is 5.73 Å². The maximum atomic E-state index is 11.7. The van der Waals surface area contributed by atoms with Crippen LogP contribution in [0.2, 0.25) is 0 Å². The van der Waals surface area contributed by atoms with Crippen molar-refractivity contribution in [3.05, 3.63) is 11.9 Å². The van der Waals surface area contributed by atoms with Gasteiger partial charge in [0.25, 0.3) is 0 Å². The summed E-state index contributed by atoms with van der Waals surface area (Å²) < 4.78 is 27.4. The maximum absolute atomic E-state index is 11.7. The second-order valence-electron chi connectivity index (χ2n) is 4.08. The second kappa shape index (κ2) is 5.01. The van der Waals surface area contributed by atoms with Crippen LogP contribution in [0, 0.1) is 0 Å². The number of nitrogens with two attached hydrogens (primary N) is 1. The van der Waals surface area contributed by atoms with Gasteiger partial charge in [-0.05, 0) is 5.92 Å². The summed E-state index contributed by atoms with van der Waals surface area (Å²) in [7, 11) is -1.81. The van der Waals surface area contributed by atoms with E-state index in [4.69, 9.17) is 5.73 Å². The van der Waals surface area contributed by atoms with Crippen molar-refractivity contribution in [1.82, 2.24) is 9.78 Å². The van der Waals surface area contributed by atoms with E-state index in [0.29, 0.717) is 11.4 Å². The topological polar surface area (TPSA) is 90.0 Å². The highest BCUT2D eigenvalue weighted by molar-refractivity contribution is 7.95. The standard InChI is InChI=1S/C9H16N4O2S2/c1-6(2)9-7(4-13(3)11-9)12-17(14,15)5-8(10)16/h4,6,12H,5H2,1-3H3,(H2,10,16). The molecule has 6 nitrogen and oxygen atoms in total. The van der Waals surface area contributed by atoms with Crippen molar-refractivity contribution in [3.63, 3.8) is 0 Å². The number of nitrogens with one attached hydrogen (secondary N) is 1. The van der Waals surface area contributed by atoms with E-state index in [-0.39, 0.29) is 16.7 Å². The molecule has 0 amide bonds. The van der Waals surface area contributed by atoms with Gasteiger partial charge in [-0.3, -0.25) is 9.40 Å². The Kier molecular flexibility index (Phi) is 4.10. The summed E-state index contributed by atoms with van der Waals surface area (Å²) in [4.78, 5) is -0.0625. The zero-order chi connectivity index (χ0) is 13.2. The normalized spacial score (nSPS) is 11.8. The highest BCUT2D eigenvalue weighted by Gasteiger charge is 2.18. The Hall–Kier alpha value is -1.15. The van der Waals surface area contributed by atoms with Crippen LogP contribution in [0.1, 0.15) is 25.5 Å². The van der Waals surface area contributed by atoms with E-state index in [9.17, 15) is 8.42 Å². The minimum atomic E-state index is -3.55. The van der Waals surface area contributed by atoms with E-state index in [1.165, 1.54) is 0 Å². The molecule has 0 saturated heterocycles. The maximum Gasteiger partial charge on any atom is 0.239 e. The van der Waals surface area contributed by atoms with Gasteiger partial charge in [0.2, 0.25) is 10.0 Å². The van der Waals surface area contributed by atoms with Crippen LogP contribution in [0.5, 0.6) is 0 Å². The quantitative estimate of drug-likeness (QED) is 0.767. The van der Waals surface area contributed by atoms with Crippen LogP contribution >= 0.6 is 12.2 Å². The molecule has 1 aromatic heterocycles. The highest BCUT2D eigenvalue weighted by atomic mass is 32.2. The minimum Gasteiger partial charge on any atom is -0.392 e. The Labute approximate surface area is 106 Å². The van der Waals surface area contributed by atoms with E-state index in [1.807, 2.05) is 13.8 Å². The van der Waals surface area contributed by atoms with Crippen LogP contribution in [-0.4, -0.2) is 28.9 Å². The van der Waals surface area contributed by atoms with Crippen LogP contribution in [0.15, 0.2) is 6.20 Å². The fourth-order valence-corrected chi connectivity index (χ4v) is 2.81. The Morgan fingerprint density at radius 1 is 1.65 bits per heavy atom. The van der Waals surface area contributed by atoms with Gasteiger partial charge in [0.15, 0.2) is 0 Å². The lowest BCUT2D eigenvalue weighted by Gasteiger charge is -2.08. The summed E-state index contributed by atoms with van der Waals surface area (Å²) in [5, 5.41) is 4.20. The molecule has 0 saturated carbocycles. The average molecular weight is 276 g/mol. The fourth-order valence-electron chi connectivity index (χ4n) is 1.40. The number of aromatic nitrogens is 2. The van der Waals surface area contributed by atoms with Gasteiger partial charge in [-0.1, -0.05) is 26.1 Å². The lowest BCUT2D eigenvalue weighted by Crippen LogP contribution is -2.26. The smallest absolute Gasteiger partial charge is 0.239 e. The summed E-state index contributed by atoms with van der Waals surface area (Å²) >= 11 is 4.59. The van der Waals surface area contributed by atoms with Gasteiger partial charge in [-0.2, -0.15) is 5.10 Å². The molecule has 0 atom stereocenters. The molecule has 0 unspecified atom stereocenters. The van der Waals surface area contributed by atoms with Crippen LogP contribution in [0.4, 0.5) is 5.69 Å². The Morgan fingerprint density at radius 3 is 2.71 bits per heavy atom. The zero-order valence-electron chi connectivity index (χ0n) is 9.97. The van der Waals surface area contributed by atoms with Crippen LogP contribution in [0.25, 0.3) is 0 Å². The van der Waals surface area contributed by atoms with Crippen molar-refractivity contribution in [2.75, 3.05) is 10.5 Å². The average Bonchev–Trinajstić information content (AvgIpc) is 2.42. The van der Waals surface area contributed by atoms with Crippen LogP contribution in [-0.2, 0) is 17.1 Å². The molecular weight excluding hydrogens is 260 g/mol. The predicted molar refractivity (Wildman–Crippen MR) is 71.5 cm³/mol. The van der Waals surface area contributed by atoms with Crippen LogP contribution in [0.3, 0.4) is 0 Å². The summed E-state index contributed by atoms with van der Waals surface area (Å²) in [6.45, 7) is 3.88. The third-order valence-electron chi connectivity index (χ3n) is 2.00. The summed E-state index contributed by atoms with van der Waals surface area (Å²) in [5.41, 5.74) is 6.39. The number of hydrogen-bond donors (Lipinski definition) is 2. The minimum absolute atomic E-state index is 0.0625. The molecule has 0 aliphatic carbocycles. The van der Waals surface area contributed by atoms with Gasteiger partial charge in [0.1, 0.15) is 5.75 Å². The second-order valence-corrected chi connectivity index (χ2v) is 6.33. The van der Waals surface area contributed by atoms with Crippen molar-refractivity contribution < 1.29 is 8.42 Å². The first-order valence-corrected chi connectivity index (χ1v) is 7.09. The molecule has 1 rings (SSSR count). The van der Waals surface area contributed by atoms with E-state index >= 15 is 0 Å². The first-order valence-electron chi connectivity index (χ1n) is 5.03. The van der Waals surface area contributed by atoms with Crippen molar-refractivity contribution >= 4 is 32.9 Å². The number of sulfonamides is 1. The first-order chi connectivity index (χ1) is 7.71. The first kappa shape index (κ1) is 13.9. The molecule has 96 valence electrons. The molecule has 8 heteroatoms. The van der Waals surface area contributed by atoms with Crippen molar-refractivity contribution in [2.45, 2.75) is 19.8 Å². The Bertz CT molecular complexity index is 519. The fraction of sp³-hybridized carbons (Fsp3) is 0.556. The lowest BCUT2D eigenvalue weighted by molar-refractivity contribution is 0.605. The van der Waals surface area contributed by atoms with E-state index < -0.39 is 10.0 Å². The molecular formula is C9H16N4O2S2. The zero-order valence-corrected chi connectivity index (χ0v) is 11.6. The predicted octanol–water partition coefficient (Wildman–Crippen LogP) is 0.571. The van der Waals surface area contributed by atoms with E-state index in [1.54, 1.807) is 17.9 Å². The van der Waals surface area contributed by atoms with Gasteiger partial charge >= 0.3 is 0 Å². The van der Waals surface area contributed by atoms with Gasteiger partial charge in [0.05, 0.1) is 16.4 Å². The Balaban J connectivity index is 2.99. The molecule has 1 aromatic rings. The summed E-state index contributed by atoms with van der Waals surface area (Å²) in [6.07, 6.45) is 1.62.